The van der Waals surface area contributed by atoms with Gasteiger partial charge in [0.05, 0.1) is 7.11 Å². The van der Waals surface area contributed by atoms with Gasteiger partial charge in [-0.1, -0.05) is 0 Å². The molecule has 1 atom stereocenters. The molecule has 1 aliphatic heterocycles. The van der Waals surface area contributed by atoms with E-state index in [1.54, 1.807) is 18.7 Å². The summed E-state index contributed by atoms with van der Waals surface area (Å²) in [6.45, 7) is 3.50. The number of methoxy groups -OCH3 is 1. The lowest BCUT2D eigenvalue weighted by Crippen LogP contribution is -2.34. The van der Waals surface area contributed by atoms with E-state index >= 15 is 0 Å². The molecule has 1 aromatic carbocycles. The number of nitrogens with one attached hydrogen (secondary N) is 1. The largest absolute Gasteiger partial charge is 0.486 e. The number of rotatable bonds is 5. The van der Waals surface area contributed by atoms with Gasteiger partial charge in [-0.15, -0.1) is 11.8 Å². The molecular weight excluding hydrogens is 278 g/mol. The predicted molar refractivity (Wildman–Crippen MR) is 77.5 cm³/mol. The fourth-order valence-corrected chi connectivity index (χ4v) is 2.58. The lowest BCUT2D eigenvalue weighted by Gasteiger charge is -2.21. The topological polar surface area (TPSA) is 56.8 Å². The van der Waals surface area contributed by atoms with E-state index in [2.05, 4.69) is 5.32 Å². The highest BCUT2D eigenvalue weighted by atomic mass is 32.2. The van der Waals surface area contributed by atoms with Crippen LogP contribution in [-0.4, -0.2) is 38.6 Å². The Bertz CT molecular complexity index is 492. The number of thioether (sulfide) groups is 1. The van der Waals surface area contributed by atoms with Crippen molar-refractivity contribution in [3.8, 4) is 11.5 Å². The monoisotopic (exact) mass is 297 g/mol. The number of ether oxygens (including phenoxy) is 3. The van der Waals surface area contributed by atoms with E-state index in [9.17, 15) is 4.79 Å². The normalized spacial score (nSPS) is 14.8. The molecule has 110 valence electrons. The minimum Gasteiger partial charge on any atom is -0.486 e. The van der Waals surface area contributed by atoms with E-state index in [1.165, 1.54) is 7.11 Å². The van der Waals surface area contributed by atoms with Crippen molar-refractivity contribution in [2.75, 3.05) is 26.6 Å². The molecule has 0 radical (unpaired) electrons. The first-order chi connectivity index (χ1) is 9.65. The smallest absolute Gasteiger partial charge is 0.322 e. The number of esters is 1. The second-order valence-corrected chi connectivity index (χ2v) is 5.28. The van der Waals surface area contributed by atoms with Gasteiger partial charge in [0.25, 0.3) is 0 Å². The third kappa shape index (κ3) is 3.37. The van der Waals surface area contributed by atoms with Crippen molar-refractivity contribution >= 4 is 17.7 Å². The molecule has 0 aromatic heterocycles. The van der Waals surface area contributed by atoms with Crippen molar-refractivity contribution in [3.05, 3.63) is 17.7 Å². The molecule has 6 heteroatoms. The van der Waals surface area contributed by atoms with Crippen LogP contribution in [0.3, 0.4) is 0 Å². The summed E-state index contributed by atoms with van der Waals surface area (Å²) in [5.74, 6) is 1.27. The van der Waals surface area contributed by atoms with E-state index in [0.29, 0.717) is 19.8 Å². The predicted octanol–water partition coefficient (Wildman–Crippen LogP) is 1.83. The minimum atomic E-state index is -0.345. The summed E-state index contributed by atoms with van der Waals surface area (Å²) < 4.78 is 15.9. The molecule has 0 saturated carbocycles. The molecule has 1 N–H and O–H groups in total. The summed E-state index contributed by atoms with van der Waals surface area (Å²) in [6, 6.07) is 3.61. The van der Waals surface area contributed by atoms with Gasteiger partial charge in [-0.25, -0.2) is 0 Å². The summed E-state index contributed by atoms with van der Waals surface area (Å²) in [4.78, 5) is 12.5. The molecule has 1 aliphatic rings. The highest BCUT2D eigenvalue weighted by Crippen LogP contribution is 2.36. The Hall–Kier alpha value is -1.40. The van der Waals surface area contributed by atoms with Gasteiger partial charge in [0.1, 0.15) is 19.3 Å². The Balaban J connectivity index is 2.12. The van der Waals surface area contributed by atoms with Crippen LogP contribution in [0.25, 0.3) is 0 Å². The van der Waals surface area contributed by atoms with Crippen LogP contribution in [0.15, 0.2) is 17.0 Å². The third-order valence-corrected chi connectivity index (χ3v) is 3.92. The first-order valence-corrected chi connectivity index (χ1v) is 7.66. The van der Waals surface area contributed by atoms with Crippen LogP contribution in [0.4, 0.5) is 0 Å². The Labute approximate surface area is 123 Å². The van der Waals surface area contributed by atoms with Gasteiger partial charge in [0.2, 0.25) is 0 Å². The first kappa shape index (κ1) is 15.0. The van der Waals surface area contributed by atoms with E-state index in [1.807, 2.05) is 18.4 Å². The Kier molecular flexibility index (Phi) is 5.14. The van der Waals surface area contributed by atoms with Gasteiger partial charge in [0, 0.05) is 11.4 Å². The summed E-state index contributed by atoms with van der Waals surface area (Å²) in [6.07, 6.45) is 2.01. The lowest BCUT2D eigenvalue weighted by molar-refractivity contribution is -0.142. The zero-order valence-corrected chi connectivity index (χ0v) is 12.7. The highest BCUT2D eigenvalue weighted by molar-refractivity contribution is 7.98. The summed E-state index contributed by atoms with van der Waals surface area (Å²) in [7, 11) is 1.39. The molecule has 0 saturated heterocycles. The van der Waals surface area contributed by atoms with Crippen molar-refractivity contribution in [2.45, 2.75) is 24.4 Å². The van der Waals surface area contributed by atoms with Crippen LogP contribution in [0.1, 0.15) is 12.5 Å². The van der Waals surface area contributed by atoms with E-state index in [4.69, 9.17) is 14.2 Å². The zero-order chi connectivity index (χ0) is 14.5. The molecule has 0 amide bonds. The highest BCUT2D eigenvalue weighted by Gasteiger charge is 2.17. The molecule has 2 rings (SSSR count). The molecular formula is C14H19NO4S. The number of hydrogen-bond donors (Lipinski definition) is 1. The fraction of sp³-hybridized carbons (Fsp3) is 0.500. The van der Waals surface area contributed by atoms with Crippen LogP contribution in [0.2, 0.25) is 0 Å². The number of fused-ring (bicyclic) bond motifs is 1. The average Bonchev–Trinajstić information content (AvgIpc) is 2.50. The van der Waals surface area contributed by atoms with Crippen LogP contribution in [-0.2, 0) is 16.1 Å². The molecule has 0 bridgehead atoms. The van der Waals surface area contributed by atoms with Crippen LogP contribution < -0.4 is 14.8 Å². The fourth-order valence-electron chi connectivity index (χ4n) is 1.96. The van der Waals surface area contributed by atoms with Gasteiger partial charge >= 0.3 is 5.97 Å². The molecule has 1 heterocycles. The van der Waals surface area contributed by atoms with Gasteiger partial charge in [-0.3, -0.25) is 4.79 Å². The van der Waals surface area contributed by atoms with Crippen LogP contribution >= 0.6 is 11.8 Å². The van der Waals surface area contributed by atoms with Crippen molar-refractivity contribution in [2.24, 2.45) is 0 Å². The van der Waals surface area contributed by atoms with Crippen molar-refractivity contribution in [1.82, 2.24) is 5.32 Å². The molecule has 0 fully saturated rings. The lowest BCUT2D eigenvalue weighted by atomic mass is 10.1. The minimum absolute atomic E-state index is 0.270. The second-order valence-electron chi connectivity index (χ2n) is 4.43. The van der Waals surface area contributed by atoms with Gasteiger partial charge in [-0.05, 0) is 30.9 Å². The summed E-state index contributed by atoms with van der Waals surface area (Å²) in [5, 5.41) is 3.15. The maximum atomic E-state index is 11.4. The third-order valence-electron chi connectivity index (χ3n) is 3.10. The molecule has 5 nitrogen and oxygen atoms in total. The number of benzene rings is 1. The number of carbonyl (C=O) groups excluding carboxylic acids is 1. The zero-order valence-electron chi connectivity index (χ0n) is 11.9. The Morgan fingerprint density at radius 3 is 2.65 bits per heavy atom. The number of hydrogen-bond acceptors (Lipinski definition) is 6. The number of carbonyl (C=O) groups is 1. The van der Waals surface area contributed by atoms with Crippen molar-refractivity contribution in [3.63, 3.8) is 0 Å². The van der Waals surface area contributed by atoms with Crippen LogP contribution in [0, 0.1) is 0 Å². The van der Waals surface area contributed by atoms with Crippen molar-refractivity contribution in [1.29, 1.82) is 0 Å². The van der Waals surface area contributed by atoms with Crippen molar-refractivity contribution < 1.29 is 19.0 Å². The maximum absolute atomic E-state index is 11.4. The summed E-state index contributed by atoms with van der Waals surface area (Å²) >= 11 is 1.64. The van der Waals surface area contributed by atoms with E-state index in [0.717, 1.165) is 22.0 Å². The SMILES string of the molecule is COC(=O)C(C)NCc1cc2c(cc1SC)OCCO2. The Morgan fingerprint density at radius 2 is 2.05 bits per heavy atom. The summed E-state index contributed by atoms with van der Waals surface area (Å²) in [5.41, 5.74) is 1.08. The van der Waals surface area contributed by atoms with Gasteiger partial charge in [-0.2, -0.15) is 0 Å². The Morgan fingerprint density at radius 1 is 1.40 bits per heavy atom. The van der Waals surface area contributed by atoms with Gasteiger partial charge < -0.3 is 19.5 Å². The van der Waals surface area contributed by atoms with Crippen LogP contribution in [0.5, 0.6) is 11.5 Å². The standard InChI is InChI=1S/C14H19NO4S/c1-9(14(16)17-2)15-8-10-6-11-12(7-13(10)20-3)19-5-4-18-11/h6-7,9,15H,4-5,8H2,1-3H3. The quantitative estimate of drug-likeness (QED) is 0.661. The maximum Gasteiger partial charge on any atom is 0.322 e. The molecule has 1 aromatic rings. The molecule has 0 spiro atoms. The van der Waals surface area contributed by atoms with E-state index in [-0.39, 0.29) is 12.0 Å². The van der Waals surface area contributed by atoms with E-state index < -0.39 is 0 Å². The average molecular weight is 297 g/mol. The molecule has 20 heavy (non-hydrogen) atoms. The molecule has 1 unspecified atom stereocenters. The van der Waals surface area contributed by atoms with Gasteiger partial charge in [0.15, 0.2) is 11.5 Å². The molecule has 0 aliphatic carbocycles. The second kappa shape index (κ2) is 6.85. The first-order valence-electron chi connectivity index (χ1n) is 6.43.